The van der Waals surface area contributed by atoms with E-state index in [1.165, 1.54) is 12.1 Å². The van der Waals surface area contributed by atoms with Crippen LogP contribution in [0.5, 0.6) is 5.75 Å². The monoisotopic (exact) mass is 451 g/mol. The minimum atomic E-state index is -0.985. The number of nitrogens with zero attached hydrogens (tertiary/aromatic N) is 1. The molecule has 0 spiro atoms. The molecule has 0 saturated heterocycles. The van der Waals surface area contributed by atoms with Crippen molar-refractivity contribution in [2.45, 2.75) is 30.8 Å². The molecule has 0 bridgehead atoms. The van der Waals surface area contributed by atoms with Gasteiger partial charge in [0.25, 0.3) is 5.91 Å². The fourth-order valence-electron chi connectivity index (χ4n) is 2.74. The van der Waals surface area contributed by atoms with E-state index in [-0.39, 0.29) is 22.2 Å². The third-order valence-electron chi connectivity index (χ3n) is 4.57. The highest BCUT2D eigenvalue weighted by Crippen LogP contribution is 2.35. The van der Waals surface area contributed by atoms with Crippen LogP contribution in [0.3, 0.4) is 0 Å². The zero-order chi connectivity index (χ0) is 21.2. The number of aromatic hydroxyl groups is 1. The van der Waals surface area contributed by atoms with E-state index < -0.39 is 23.4 Å². The largest absolute Gasteiger partial charge is 0.505 e. The van der Waals surface area contributed by atoms with Crippen molar-refractivity contribution < 1.29 is 14.7 Å². The fourth-order valence-corrected chi connectivity index (χ4v) is 3.39. The Hall–Kier alpha value is -2.46. The summed E-state index contributed by atoms with van der Waals surface area (Å²) in [6.07, 6.45) is 1.18. The van der Waals surface area contributed by atoms with Crippen molar-refractivity contribution in [1.29, 1.82) is 5.26 Å². The van der Waals surface area contributed by atoms with Gasteiger partial charge in [-0.3, -0.25) is 9.59 Å². The number of halogens is 3. The summed E-state index contributed by atoms with van der Waals surface area (Å²) in [7, 11) is 0. The number of phenols is 1. The molecule has 1 aliphatic rings. The average Bonchev–Trinajstić information content (AvgIpc) is 3.46. The molecule has 2 aromatic rings. The maximum Gasteiger partial charge on any atom is 0.251 e. The molecule has 3 rings (SSSR count). The Bertz CT molecular complexity index is 975. The van der Waals surface area contributed by atoms with Crippen molar-refractivity contribution >= 4 is 46.6 Å². The molecule has 2 aromatic carbocycles. The van der Waals surface area contributed by atoms with Gasteiger partial charge >= 0.3 is 0 Å². The number of benzene rings is 2. The van der Waals surface area contributed by atoms with Gasteiger partial charge in [0.2, 0.25) is 5.91 Å². The zero-order valence-electron chi connectivity index (χ0n) is 15.0. The minimum Gasteiger partial charge on any atom is -0.505 e. The standard InChI is InChI=1S/C20H16Cl3N3O3/c21-13-3-1-12(2-4-13)18(28)25-16(19(29)26-20(10-24)5-6-20)9-11-7-14(22)17(27)15(23)8-11/h1-4,7-8,16,27H,5-6,9H2,(H,25,28)(H,26,29)/t16-/m0/s1. The van der Waals surface area contributed by atoms with Crippen LogP contribution in [0.15, 0.2) is 36.4 Å². The van der Waals surface area contributed by atoms with Crippen LogP contribution in [-0.2, 0) is 11.2 Å². The summed E-state index contributed by atoms with van der Waals surface area (Å²) in [6, 6.07) is 10.3. The molecule has 0 unspecified atom stereocenters. The van der Waals surface area contributed by atoms with E-state index in [0.29, 0.717) is 29.0 Å². The SMILES string of the molecule is N#CC1(NC(=O)[C@H](Cc2cc(Cl)c(O)c(Cl)c2)NC(=O)c2ccc(Cl)cc2)CC1. The number of carbonyl (C=O) groups is 2. The van der Waals surface area contributed by atoms with E-state index in [2.05, 4.69) is 16.7 Å². The molecule has 3 N–H and O–H groups in total. The van der Waals surface area contributed by atoms with E-state index in [1.807, 2.05) is 0 Å². The third-order valence-corrected chi connectivity index (χ3v) is 5.40. The summed E-state index contributed by atoms with van der Waals surface area (Å²) in [5, 5.41) is 24.9. The zero-order valence-corrected chi connectivity index (χ0v) is 17.3. The lowest BCUT2D eigenvalue weighted by Crippen LogP contribution is -2.51. The van der Waals surface area contributed by atoms with Crippen LogP contribution in [0.2, 0.25) is 15.1 Å². The van der Waals surface area contributed by atoms with Gasteiger partial charge in [-0.05, 0) is 54.8 Å². The Morgan fingerprint density at radius 2 is 1.72 bits per heavy atom. The maximum absolute atomic E-state index is 12.8. The first-order chi connectivity index (χ1) is 13.7. The summed E-state index contributed by atoms with van der Waals surface area (Å²) in [5.74, 6) is -1.23. The number of hydrogen-bond donors (Lipinski definition) is 3. The van der Waals surface area contributed by atoms with E-state index in [4.69, 9.17) is 34.8 Å². The molecular weight excluding hydrogens is 437 g/mol. The summed E-state index contributed by atoms with van der Waals surface area (Å²) >= 11 is 17.8. The normalized spacial score (nSPS) is 15.1. The van der Waals surface area contributed by atoms with Crippen LogP contribution in [0.25, 0.3) is 0 Å². The molecule has 1 atom stereocenters. The number of phenolic OH excluding ortho intramolecular Hbond substituents is 1. The summed E-state index contributed by atoms with van der Waals surface area (Å²) in [6.45, 7) is 0. The quantitative estimate of drug-likeness (QED) is 0.619. The number of nitriles is 1. The van der Waals surface area contributed by atoms with E-state index in [9.17, 15) is 20.0 Å². The number of carbonyl (C=O) groups excluding carboxylic acids is 2. The lowest BCUT2D eigenvalue weighted by Gasteiger charge is -2.21. The second-order valence-corrected chi connectivity index (χ2v) is 8.08. The number of nitrogens with one attached hydrogen (secondary N) is 2. The molecule has 0 aromatic heterocycles. The topological polar surface area (TPSA) is 102 Å². The van der Waals surface area contributed by atoms with E-state index >= 15 is 0 Å². The van der Waals surface area contributed by atoms with Gasteiger partial charge in [0.05, 0.1) is 16.1 Å². The molecule has 1 aliphatic carbocycles. The van der Waals surface area contributed by atoms with Gasteiger partial charge in [-0.15, -0.1) is 0 Å². The molecule has 9 heteroatoms. The first-order valence-electron chi connectivity index (χ1n) is 8.69. The summed E-state index contributed by atoms with van der Waals surface area (Å²) in [5.41, 5.74) is -0.0172. The molecule has 150 valence electrons. The Kier molecular flexibility index (Phi) is 6.23. The fraction of sp³-hybridized carbons (Fsp3) is 0.250. The van der Waals surface area contributed by atoms with Crippen molar-refractivity contribution in [2.75, 3.05) is 0 Å². The number of amides is 2. The highest BCUT2D eigenvalue weighted by Gasteiger charge is 2.45. The van der Waals surface area contributed by atoms with E-state index in [1.54, 1.807) is 24.3 Å². The van der Waals surface area contributed by atoms with Gasteiger partial charge in [-0.25, -0.2) is 0 Å². The Morgan fingerprint density at radius 3 is 2.24 bits per heavy atom. The van der Waals surface area contributed by atoms with Gasteiger partial charge in [0.1, 0.15) is 11.6 Å². The van der Waals surface area contributed by atoms with Crippen molar-refractivity contribution in [3.8, 4) is 11.8 Å². The average molecular weight is 453 g/mol. The van der Waals surface area contributed by atoms with Gasteiger partial charge < -0.3 is 15.7 Å². The molecular formula is C20H16Cl3N3O3. The van der Waals surface area contributed by atoms with Gasteiger partial charge in [0.15, 0.2) is 5.75 Å². The predicted octanol–water partition coefficient (Wildman–Crippen LogP) is 3.87. The first kappa shape index (κ1) is 21.3. The second-order valence-electron chi connectivity index (χ2n) is 6.83. The van der Waals surface area contributed by atoms with Crippen LogP contribution < -0.4 is 10.6 Å². The number of rotatable bonds is 6. The van der Waals surface area contributed by atoms with Crippen LogP contribution >= 0.6 is 34.8 Å². The van der Waals surface area contributed by atoms with Gasteiger partial charge in [0, 0.05) is 17.0 Å². The molecule has 0 heterocycles. The van der Waals surface area contributed by atoms with Gasteiger partial charge in [-0.1, -0.05) is 34.8 Å². The smallest absolute Gasteiger partial charge is 0.251 e. The number of hydrogen-bond acceptors (Lipinski definition) is 4. The molecule has 6 nitrogen and oxygen atoms in total. The minimum absolute atomic E-state index is 0.0337. The Balaban J connectivity index is 1.83. The van der Waals surface area contributed by atoms with Crippen molar-refractivity contribution in [3.63, 3.8) is 0 Å². The van der Waals surface area contributed by atoms with Crippen LogP contribution in [-0.4, -0.2) is 28.5 Å². The molecule has 0 radical (unpaired) electrons. The van der Waals surface area contributed by atoms with Crippen molar-refractivity contribution in [3.05, 3.63) is 62.6 Å². The molecule has 2 amide bonds. The molecule has 29 heavy (non-hydrogen) atoms. The lowest BCUT2D eigenvalue weighted by atomic mass is 10.0. The molecule has 1 saturated carbocycles. The van der Waals surface area contributed by atoms with Crippen molar-refractivity contribution in [2.24, 2.45) is 0 Å². The van der Waals surface area contributed by atoms with Crippen LogP contribution in [0.4, 0.5) is 0 Å². The van der Waals surface area contributed by atoms with E-state index in [0.717, 1.165) is 0 Å². The third kappa shape index (κ3) is 5.13. The second kappa shape index (κ2) is 8.50. The van der Waals surface area contributed by atoms with Gasteiger partial charge in [-0.2, -0.15) is 5.26 Å². The molecule has 0 aliphatic heterocycles. The predicted molar refractivity (Wildman–Crippen MR) is 110 cm³/mol. The van der Waals surface area contributed by atoms with Crippen molar-refractivity contribution in [1.82, 2.24) is 10.6 Å². The molecule has 1 fully saturated rings. The lowest BCUT2D eigenvalue weighted by molar-refractivity contribution is -0.123. The van der Waals surface area contributed by atoms with Crippen LogP contribution in [0.1, 0.15) is 28.8 Å². The maximum atomic E-state index is 12.8. The first-order valence-corrected chi connectivity index (χ1v) is 9.83. The highest BCUT2D eigenvalue weighted by atomic mass is 35.5. The Labute approximate surface area is 182 Å². The Morgan fingerprint density at radius 1 is 1.14 bits per heavy atom. The summed E-state index contributed by atoms with van der Waals surface area (Å²) in [4.78, 5) is 25.4. The summed E-state index contributed by atoms with van der Waals surface area (Å²) < 4.78 is 0. The highest BCUT2D eigenvalue weighted by molar-refractivity contribution is 6.37. The van der Waals surface area contributed by atoms with Crippen LogP contribution in [0, 0.1) is 11.3 Å².